The van der Waals surface area contributed by atoms with Crippen LogP contribution in [0.4, 0.5) is 0 Å². The van der Waals surface area contributed by atoms with E-state index in [4.69, 9.17) is 10.2 Å². The number of hydrogen-bond donors (Lipinski definition) is 1. The highest BCUT2D eigenvalue weighted by molar-refractivity contribution is 7.84. The molecule has 0 radical (unpaired) electrons. The van der Waals surface area contributed by atoms with Gasteiger partial charge in [0.25, 0.3) is 0 Å². The molecular weight excluding hydrogens is 258 g/mol. The van der Waals surface area contributed by atoms with E-state index < -0.39 is 10.8 Å². The third-order valence-corrected chi connectivity index (χ3v) is 4.35. The van der Waals surface area contributed by atoms with Crippen molar-refractivity contribution < 1.29 is 8.63 Å². The lowest BCUT2D eigenvalue weighted by molar-refractivity contribution is 0.481. The Kier molecular flexibility index (Phi) is 4.56. The number of furan rings is 1. The van der Waals surface area contributed by atoms with E-state index in [9.17, 15) is 4.21 Å². The molecule has 4 heteroatoms. The molecule has 0 aliphatic carbocycles. The van der Waals surface area contributed by atoms with E-state index in [1.54, 1.807) is 0 Å². The van der Waals surface area contributed by atoms with Gasteiger partial charge in [0, 0.05) is 4.90 Å². The zero-order valence-corrected chi connectivity index (χ0v) is 12.1. The molecule has 1 aromatic heterocycles. The molecule has 0 saturated carbocycles. The second-order valence-electron chi connectivity index (χ2n) is 4.79. The van der Waals surface area contributed by atoms with Crippen molar-refractivity contribution in [2.75, 3.05) is 0 Å². The fourth-order valence-electron chi connectivity index (χ4n) is 1.83. The first-order valence-electron chi connectivity index (χ1n) is 6.36. The molecule has 2 rings (SSSR count). The summed E-state index contributed by atoms with van der Waals surface area (Å²) in [5, 5.41) is 0. The molecule has 3 nitrogen and oxygen atoms in total. The number of nitrogens with two attached hydrogens (primary N) is 1. The Bertz CT molecular complexity index is 558. The average molecular weight is 277 g/mol. The fraction of sp³-hybridized carbons (Fsp3) is 0.333. The average Bonchev–Trinajstić information content (AvgIpc) is 2.86. The van der Waals surface area contributed by atoms with Gasteiger partial charge in [-0.25, -0.2) is 0 Å². The first-order chi connectivity index (χ1) is 9.10. The molecule has 19 heavy (non-hydrogen) atoms. The van der Waals surface area contributed by atoms with Crippen LogP contribution in [0.3, 0.4) is 0 Å². The monoisotopic (exact) mass is 277 g/mol. The van der Waals surface area contributed by atoms with Crippen molar-refractivity contribution in [1.29, 1.82) is 0 Å². The Morgan fingerprint density at radius 2 is 1.74 bits per heavy atom. The fourth-order valence-corrected chi connectivity index (χ4v) is 2.85. The highest BCUT2D eigenvalue weighted by atomic mass is 32.2. The smallest absolute Gasteiger partial charge is 0.117 e. The van der Waals surface area contributed by atoms with E-state index in [1.165, 1.54) is 5.56 Å². The lowest BCUT2D eigenvalue weighted by atomic mass is 10.0. The molecular formula is C15H19NO2S. The molecule has 1 unspecified atom stereocenters. The number of hydrogen-bond acceptors (Lipinski definition) is 3. The molecule has 2 aromatic rings. The highest BCUT2D eigenvalue weighted by Gasteiger charge is 2.09. The van der Waals surface area contributed by atoms with E-state index in [-0.39, 0.29) is 0 Å². The van der Waals surface area contributed by atoms with Crippen LogP contribution in [0.15, 0.2) is 45.7 Å². The van der Waals surface area contributed by atoms with Gasteiger partial charge in [0.05, 0.1) is 23.1 Å². The van der Waals surface area contributed by atoms with Crippen molar-refractivity contribution in [3.05, 3.63) is 53.5 Å². The first kappa shape index (κ1) is 14.0. The Labute approximate surface area is 116 Å². The zero-order valence-electron chi connectivity index (χ0n) is 11.3. The summed E-state index contributed by atoms with van der Waals surface area (Å²) in [5.41, 5.74) is 6.73. The summed E-state index contributed by atoms with van der Waals surface area (Å²) in [7, 11) is -1.08. The van der Waals surface area contributed by atoms with Crippen LogP contribution >= 0.6 is 0 Å². The molecule has 0 fully saturated rings. The van der Waals surface area contributed by atoms with E-state index in [0.717, 1.165) is 10.7 Å². The topological polar surface area (TPSA) is 56.2 Å². The van der Waals surface area contributed by atoms with E-state index >= 15 is 0 Å². The second-order valence-corrected chi connectivity index (χ2v) is 6.24. The predicted octanol–water partition coefficient (Wildman–Crippen LogP) is 3.17. The van der Waals surface area contributed by atoms with Crippen molar-refractivity contribution >= 4 is 10.8 Å². The molecule has 0 saturated heterocycles. The third kappa shape index (κ3) is 3.55. The van der Waals surface area contributed by atoms with Crippen molar-refractivity contribution in [3.63, 3.8) is 0 Å². The van der Waals surface area contributed by atoms with Gasteiger partial charge in [0.1, 0.15) is 11.5 Å². The molecule has 2 N–H and O–H groups in total. The van der Waals surface area contributed by atoms with Gasteiger partial charge in [-0.2, -0.15) is 0 Å². The molecule has 1 heterocycles. The standard InChI is InChI=1S/C15H19NO2S/c1-11(2)12-3-7-15(8-4-12)19(17)10-14-6-5-13(9-16)18-14/h3-8,11H,9-10,16H2,1-2H3. The molecule has 0 amide bonds. The summed E-state index contributed by atoms with van der Waals surface area (Å²) >= 11 is 0. The number of benzene rings is 1. The maximum atomic E-state index is 12.2. The SMILES string of the molecule is CC(C)c1ccc(S(=O)Cc2ccc(CN)o2)cc1. The van der Waals surface area contributed by atoms with Crippen LogP contribution in [0.2, 0.25) is 0 Å². The highest BCUT2D eigenvalue weighted by Crippen LogP contribution is 2.19. The zero-order chi connectivity index (χ0) is 13.8. The van der Waals surface area contributed by atoms with Crippen molar-refractivity contribution in [2.45, 2.75) is 37.0 Å². The van der Waals surface area contributed by atoms with Crippen LogP contribution in [-0.4, -0.2) is 4.21 Å². The summed E-state index contributed by atoms with van der Waals surface area (Å²) in [6.07, 6.45) is 0. The molecule has 0 aliphatic rings. The van der Waals surface area contributed by atoms with Gasteiger partial charge in [-0.3, -0.25) is 4.21 Å². The van der Waals surface area contributed by atoms with Gasteiger partial charge in [-0.15, -0.1) is 0 Å². The van der Waals surface area contributed by atoms with Crippen LogP contribution < -0.4 is 5.73 Å². The van der Waals surface area contributed by atoms with E-state index in [1.807, 2.05) is 36.4 Å². The van der Waals surface area contributed by atoms with Gasteiger partial charge in [0.15, 0.2) is 0 Å². The molecule has 0 aliphatic heterocycles. The normalized spacial score (nSPS) is 12.8. The minimum Gasteiger partial charge on any atom is -0.464 e. The summed E-state index contributed by atoms with van der Waals surface area (Å²) in [5.74, 6) is 2.31. The molecule has 1 atom stereocenters. The van der Waals surface area contributed by atoms with Crippen LogP contribution in [0.1, 0.15) is 36.8 Å². The minimum absolute atomic E-state index is 0.371. The Morgan fingerprint density at radius 3 is 2.26 bits per heavy atom. The van der Waals surface area contributed by atoms with E-state index in [0.29, 0.717) is 24.0 Å². The lowest BCUT2D eigenvalue weighted by Crippen LogP contribution is -1.97. The molecule has 0 spiro atoms. The van der Waals surface area contributed by atoms with Crippen molar-refractivity contribution in [3.8, 4) is 0 Å². The first-order valence-corrected chi connectivity index (χ1v) is 7.68. The number of rotatable bonds is 5. The minimum atomic E-state index is -1.08. The van der Waals surface area contributed by atoms with E-state index in [2.05, 4.69) is 13.8 Å². The van der Waals surface area contributed by atoms with Crippen LogP contribution in [0.25, 0.3) is 0 Å². The summed E-state index contributed by atoms with van der Waals surface area (Å²) in [6.45, 7) is 4.65. The Morgan fingerprint density at radius 1 is 1.11 bits per heavy atom. The lowest BCUT2D eigenvalue weighted by Gasteiger charge is -2.06. The summed E-state index contributed by atoms with van der Waals surface area (Å²) in [6, 6.07) is 11.6. The predicted molar refractivity (Wildman–Crippen MR) is 77.2 cm³/mol. The Hall–Kier alpha value is -1.39. The summed E-state index contributed by atoms with van der Waals surface area (Å²) < 4.78 is 17.7. The Balaban J connectivity index is 2.07. The second kappa shape index (κ2) is 6.17. The third-order valence-electron chi connectivity index (χ3n) is 3.00. The van der Waals surface area contributed by atoms with Gasteiger partial charge in [-0.05, 0) is 35.7 Å². The van der Waals surface area contributed by atoms with Crippen LogP contribution in [0, 0.1) is 0 Å². The quantitative estimate of drug-likeness (QED) is 0.913. The van der Waals surface area contributed by atoms with Crippen molar-refractivity contribution in [2.24, 2.45) is 5.73 Å². The van der Waals surface area contributed by atoms with Gasteiger partial charge >= 0.3 is 0 Å². The van der Waals surface area contributed by atoms with Crippen molar-refractivity contribution in [1.82, 2.24) is 0 Å². The molecule has 1 aromatic carbocycles. The largest absolute Gasteiger partial charge is 0.464 e. The van der Waals surface area contributed by atoms with Crippen LogP contribution in [0.5, 0.6) is 0 Å². The van der Waals surface area contributed by atoms with Gasteiger partial charge in [0.2, 0.25) is 0 Å². The maximum Gasteiger partial charge on any atom is 0.117 e. The summed E-state index contributed by atoms with van der Waals surface area (Å²) in [4.78, 5) is 0.829. The van der Waals surface area contributed by atoms with Gasteiger partial charge < -0.3 is 10.2 Å². The van der Waals surface area contributed by atoms with Crippen LogP contribution in [-0.2, 0) is 23.1 Å². The molecule has 0 bridgehead atoms. The van der Waals surface area contributed by atoms with Gasteiger partial charge in [-0.1, -0.05) is 26.0 Å². The maximum absolute atomic E-state index is 12.2. The molecule has 102 valence electrons.